The predicted octanol–water partition coefficient (Wildman–Crippen LogP) is 6.98. The number of thiazole rings is 2. The van der Waals surface area contributed by atoms with Gasteiger partial charge >= 0.3 is 0 Å². The summed E-state index contributed by atoms with van der Waals surface area (Å²) in [6, 6.07) is 19.0. The summed E-state index contributed by atoms with van der Waals surface area (Å²) in [5, 5.41) is 1.65. The zero-order valence-corrected chi connectivity index (χ0v) is 32.5. The molecule has 0 aliphatic carbocycles. The number of nitrogens with one attached hydrogen (secondary N) is 2. The lowest BCUT2D eigenvalue weighted by molar-refractivity contribution is -0.138. The summed E-state index contributed by atoms with van der Waals surface area (Å²) >= 11 is 3.15. The van der Waals surface area contributed by atoms with Crippen molar-refractivity contribution in [3.05, 3.63) is 108 Å². The molecule has 2 N–H and O–H groups in total. The summed E-state index contributed by atoms with van der Waals surface area (Å²) in [7, 11) is 7.80. The molecule has 2 amide bonds. The first kappa shape index (κ1) is 36.0. The highest BCUT2D eigenvalue weighted by molar-refractivity contribution is 7.24. The van der Waals surface area contributed by atoms with E-state index < -0.39 is 0 Å². The van der Waals surface area contributed by atoms with Crippen molar-refractivity contribution in [3.63, 3.8) is 0 Å². The minimum absolute atomic E-state index is 0.0867. The van der Waals surface area contributed by atoms with E-state index in [0.717, 1.165) is 79.6 Å². The van der Waals surface area contributed by atoms with E-state index in [1.807, 2.05) is 133 Å². The number of amides is 2. The van der Waals surface area contributed by atoms with E-state index in [-0.39, 0.29) is 36.0 Å². The maximum Gasteiger partial charge on any atom is 0.245 e. The van der Waals surface area contributed by atoms with Crippen molar-refractivity contribution < 1.29 is 9.59 Å². The molecule has 6 heterocycles. The molecule has 0 saturated carbocycles. The Labute approximate surface area is 322 Å². The van der Waals surface area contributed by atoms with E-state index in [2.05, 4.69) is 9.97 Å². The van der Waals surface area contributed by atoms with Crippen molar-refractivity contribution in [2.24, 2.45) is 0 Å². The number of carbonyl (C=O) groups excluding carboxylic acids is 2. The topological polar surface area (TPSA) is 130 Å². The lowest BCUT2D eigenvalue weighted by Crippen LogP contribution is -2.40. The molecule has 278 valence electrons. The van der Waals surface area contributed by atoms with Crippen molar-refractivity contribution in [3.8, 4) is 31.2 Å². The molecule has 4 atom stereocenters. The normalized spacial score (nSPS) is 18.6. The third-order valence-corrected chi connectivity index (χ3v) is 12.6. The zero-order valence-electron chi connectivity index (χ0n) is 30.8. The van der Waals surface area contributed by atoms with Crippen LogP contribution in [0, 0.1) is 0 Å². The number of nitrogens with zero attached hydrogens (tertiary/aromatic N) is 8. The van der Waals surface area contributed by atoms with Gasteiger partial charge in [-0.15, -0.1) is 22.7 Å². The number of rotatable bonds is 11. The van der Waals surface area contributed by atoms with Crippen LogP contribution >= 0.6 is 22.7 Å². The van der Waals surface area contributed by atoms with Gasteiger partial charge in [0.25, 0.3) is 0 Å². The fourth-order valence-corrected chi connectivity index (χ4v) is 9.61. The van der Waals surface area contributed by atoms with Crippen molar-refractivity contribution in [2.75, 3.05) is 41.3 Å². The first-order valence-electron chi connectivity index (χ1n) is 18.3. The third kappa shape index (κ3) is 7.02. The Balaban J connectivity index is 0.955. The molecule has 8 rings (SSSR count). The number of H-pyrrole nitrogens is 2. The molecule has 4 aromatic heterocycles. The molecule has 6 aromatic rings. The molecular formula is C40H44N10O2S2. The summed E-state index contributed by atoms with van der Waals surface area (Å²) in [5.74, 6) is 1.74. The summed E-state index contributed by atoms with van der Waals surface area (Å²) in [6.07, 6.45) is 11.0. The minimum atomic E-state index is -0.359. The van der Waals surface area contributed by atoms with E-state index in [1.165, 1.54) is 0 Å². The van der Waals surface area contributed by atoms with Crippen LogP contribution in [0.15, 0.2) is 85.5 Å². The van der Waals surface area contributed by atoms with Gasteiger partial charge in [0.2, 0.25) is 11.8 Å². The van der Waals surface area contributed by atoms with Crippen LogP contribution < -0.4 is 0 Å². The fraction of sp³-hybridized carbons (Fsp3) is 0.350. The molecule has 0 unspecified atom stereocenters. The number of hydrogen-bond acceptors (Lipinski definition) is 10. The van der Waals surface area contributed by atoms with Crippen LogP contribution in [-0.4, -0.2) is 103 Å². The fourth-order valence-electron chi connectivity index (χ4n) is 7.79. The summed E-state index contributed by atoms with van der Waals surface area (Å²) in [6.45, 7) is 1.40. The second-order valence-electron chi connectivity index (χ2n) is 14.4. The van der Waals surface area contributed by atoms with Crippen LogP contribution in [0.2, 0.25) is 0 Å². The molecule has 14 heteroatoms. The Morgan fingerprint density at radius 1 is 0.630 bits per heavy atom. The highest BCUT2D eigenvalue weighted by Gasteiger charge is 2.38. The summed E-state index contributed by atoms with van der Waals surface area (Å²) < 4.78 is 0. The highest BCUT2D eigenvalue weighted by atomic mass is 32.1. The predicted molar refractivity (Wildman–Crippen MR) is 212 cm³/mol. The van der Waals surface area contributed by atoms with E-state index >= 15 is 0 Å². The Hall–Kier alpha value is -5.02. The number of aromatic nitrogens is 6. The van der Waals surface area contributed by atoms with Gasteiger partial charge in [0.1, 0.15) is 33.7 Å². The van der Waals surface area contributed by atoms with E-state index in [4.69, 9.17) is 19.9 Å². The molecule has 12 nitrogen and oxygen atoms in total. The number of imidazole rings is 2. The van der Waals surface area contributed by atoms with Crippen LogP contribution in [0.3, 0.4) is 0 Å². The number of carbonyl (C=O) groups is 2. The monoisotopic (exact) mass is 760 g/mol. The Bertz CT molecular complexity index is 2050. The molecule has 2 aromatic carbocycles. The van der Waals surface area contributed by atoms with Gasteiger partial charge in [-0.2, -0.15) is 0 Å². The molecule has 54 heavy (non-hydrogen) atoms. The van der Waals surface area contributed by atoms with E-state index in [9.17, 15) is 9.59 Å². The molecule has 0 spiro atoms. The van der Waals surface area contributed by atoms with Crippen molar-refractivity contribution >= 4 is 34.5 Å². The second kappa shape index (κ2) is 15.4. The van der Waals surface area contributed by atoms with E-state index in [1.54, 1.807) is 22.7 Å². The lowest BCUT2D eigenvalue weighted by atomic mass is 10.0. The minimum Gasteiger partial charge on any atom is -0.338 e. The van der Waals surface area contributed by atoms with Crippen LogP contribution in [0.25, 0.3) is 31.2 Å². The maximum atomic E-state index is 13.9. The molecule has 0 radical (unpaired) electrons. The van der Waals surface area contributed by atoms with Gasteiger partial charge in [0.05, 0.1) is 45.6 Å². The van der Waals surface area contributed by atoms with Crippen molar-refractivity contribution in [1.82, 2.24) is 49.5 Å². The average Bonchev–Trinajstić information content (AvgIpc) is 4.02. The van der Waals surface area contributed by atoms with Gasteiger partial charge in [0, 0.05) is 25.5 Å². The molecule has 2 saturated heterocycles. The van der Waals surface area contributed by atoms with Crippen molar-refractivity contribution in [1.29, 1.82) is 0 Å². The number of hydrogen-bond donors (Lipinski definition) is 2. The highest BCUT2D eigenvalue weighted by Crippen LogP contribution is 2.40. The maximum absolute atomic E-state index is 13.9. The smallest absolute Gasteiger partial charge is 0.245 e. The quantitative estimate of drug-likeness (QED) is 0.145. The first-order chi connectivity index (χ1) is 26.3. The number of likely N-dealkylation sites (tertiary alicyclic amines) is 2. The van der Waals surface area contributed by atoms with Gasteiger partial charge in [-0.1, -0.05) is 60.7 Å². The van der Waals surface area contributed by atoms with Gasteiger partial charge < -0.3 is 19.8 Å². The van der Waals surface area contributed by atoms with Crippen LogP contribution in [0.4, 0.5) is 0 Å². The molecule has 2 fully saturated rings. The van der Waals surface area contributed by atoms with Gasteiger partial charge in [-0.05, 0) is 65.0 Å². The summed E-state index contributed by atoms with van der Waals surface area (Å²) in [5.41, 5.74) is 3.63. The van der Waals surface area contributed by atoms with Crippen LogP contribution in [-0.2, 0) is 9.59 Å². The molecule has 2 aliphatic heterocycles. The summed E-state index contributed by atoms with van der Waals surface area (Å²) in [4.78, 5) is 63.7. The molecular weight excluding hydrogens is 717 g/mol. The number of likely N-dealkylation sites (N-methyl/N-ethyl adjacent to an activating group) is 2. The van der Waals surface area contributed by atoms with Gasteiger partial charge in [-0.25, -0.2) is 19.9 Å². The molecule has 0 bridgehead atoms. The van der Waals surface area contributed by atoms with Crippen LogP contribution in [0.1, 0.15) is 72.6 Å². The largest absolute Gasteiger partial charge is 0.338 e. The molecule has 2 aliphatic rings. The SMILES string of the molecule is CN(C)[C@@H](C(=O)N1CCC[C@@H]1c1ncc(-c2ncc(-c3cnc(-c4cnc([C@H]5CCCN5C(=O)[C@@H](c5ccccc5)N(C)C)[nH]4)s3)s2)[nH]1)c1ccccc1. The lowest BCUT2D eigenvalue weighted by Gasteiger charge is -2.31. The Morgan fingerprint density at radius 2 is 1.04 bits per heavy atom. The zero-order chi connectivity index (χ0) is 37.3. The second-order valence-corrected chi connectivity index (χ2v) is 16.4. The van der Waals surface area contributed by atoms with Crippen LogP contribution in [0.5, 0.6) is 0 Å². The van der Waals surface area contributed by atoms with Crippen molar-refractivity contribution in [2.45, 2.75) is 49.9 Å². The Morgan fingerprint density at radius 3 is 1.43 bits per heavy atom. The number of benzene rings is 2. The van der Waals surface area contributed by atoms with E-state index in [0.29, 0.717) is 13.1 Å². The first-order valence-corrected chi connectivity index (χ1v) is 20.0. The standard InChI is InChI=1S/C40H44N10O2S2/c1-47(2)33(25-13-7-5-8-14-25)39(51)49-19-11-17-29(49)35-41-21-27(45-35)37-43-23-31(53-37)32-24-44-38(54-32)28-22-42-36(46-28)30-18-12-20-50(30)40(52)34(48(3)4)26-15-9-6-10-16-26/h5-10,13-16,21-24,29-30,33-34H,11-12,17-20H2,1-4H3,(H,41,45)(H,42,46)/t29-,30-,33-,34-/m1/s1. The third-order valence-electron chi connectivity index (χ3n) is 10.3. The Kier molecular flexibility index (Phi) is 10.2. The van der Waals surface area contributed by atoms with Gasteiger partial charge in [-0.3, -0.25) is 19.4 Å². The average molecular weight is 761 g/mol. The number of aromatic amines is 2. The van der Waals surface area contributed by atoms with Gasteiger partial charge in [0.15, 0.2) is 0 Å².